The number of carbonyl (C=O) groups excluding carboxylic acids is 1. The van der Waals surface area contributed by atoms with Crippen molar-refractivity contribution in [3.05, 3.63) is 58.4 Å². The normalized spacial score (nSPS) is 27.3. The predicted octanol–water partition coefficient (Wildman–Crippen LogP) is 3.30. The summed E-state index contributed by atoms with van der Waals surface area (Å²) < 4.78 is 52.9. The molecule has 2 aliphatic rings. The molecule has 12 heteroatoms. The second kappa shape index (κ2) is 7.14. The smallest absolute Gasteiger partial charge is 0.274 e. The highest BCUT2D eigenvalue weighted by molar-refractivity contribution is 8.24. The Balaban J connectivity index is 1.74. The number of hydrogen-bond acceptors (Lipinski definition) is 7. The Bertz CT molecular complexity index is 1240. The van der Waals surface area contributed by atoms with E-state index in [-0.39, 0.29) is 28.5 Å². The number of sulfone groups is 1. The van der Waals surface area contributed by atoms with Crippen molar-refractivity contribution >= 4 is 50.0 Å². The molecule has 1 saturated carbocycles. The van der Waals surface area contributed by atoms with Crippen LogP contribution in [-0.2, 0) is 15.4 Å². The maximum Gasteiger partial charge on any atom is 0.274 e. The molecule has 31 heavy (non-hydrogen) atoms. The van der Waals surface area contributed by atoms with Crippen LogP contribution in [0.1, 0.15) is 29.4 Å². The van der Waals surface area contributed by atoms with E-state index in [0.717, 1.165) is 24.1 Å². The highest BCUT2D eigenvalue weighted by Crippen LogP contribution is 2.68. The van der Waals surface area contributed by atoms with Crippen molar-refractivity contribution in [2.24, 2.45) is 16.6 Å². The van der Waals surface area contributed by atoms with Gasteiger partial charge < -0.3 is 11.1 Å². The Morgan fingerprint density at radius 3 is 2.68 bits per heavy atom. The van der Waals surface area contributed by atoms with Gasteiger partial charge in [-0.1, -0.05) is 23.4 Å². The number of amides is 1. The molecule has 3 N–H and O–H groups in total. The van der Waals surface area contributed by atoms with E-state index < -0.39 is 42.9 Å². The lowest BCUT2D eigenvalue weighted by Gasteiger charge is -2.33. The number of hydrogen-bond donors (Lipinski definition) is 2. The van der Waals surface area contributed by atoms with Crippen molar-refractivity contribution in [1.82, 2.24) is 4.98 Å². The number of halogens is 3. The van der Waals surface area contributed by atoms with Crippen LogP contribution in [0.5, 0.6) is 0 Å². The largest absolute Gasteiger partial charge is 0.378 e. The van der Waals surface area contributed by atoms with Crippen molar-refractivity contribution < 1.29 is 22.0 Å². The maximum absolute atomic E-state index is 14.9. The van der Waals surface area contributed by atoms with E-state index in [1.165, 1.54) is 31.3 Å². The fourth-order valence-electron chi connectivity index (χ4n) is 3.94. The number of fused-ring (bicyclic) bond motifs is 1. The number of pyridine rings is 1. The molecule has 4 rings (SSSR count). The molecule has 2 aromatic rings. The van der Waals surface area contributed by atoms with Gasteiger partial charge in [0.15, 0.2) is 26.6 Å². The quantitative estimate of drug-likeness (QED) is 0.685. The number of anilines is 1. The van der Waals surface area contributed by atoms with Crippen LogP contribution in [0, 0.1) is 17.6 Å². The van der Waals surface area contributed by atoms with Gasteiger partial charge in [0.1, 0.15) is 9.77 Å². The first kappa shape index (κ1) is 22.0. The number of nitrogens with zero attached hydrogens (tertiary/aromatic N) is 2. The van der Waals surface area contributed by atoms with Crippen LogP contribution in [0.25, 0.3) is 0 Å². The van der Waals surface area contributed by atoms with Crippen molar-refractivity contribution in [2.75, 3.05) is 11.6 Å². The van der Waals surface area contributed by atoms with Crippen LogP contribution in [-0.4, -0.2) is 34.8 Å². The summed E-state index contributed by atoms with van der Waals surface area (Å²) in [5.74, 6) is -3.65. The third kappa shape index (κ3) is 3.58. The van der Waals surface area contributed by atoms with Gasteiger partial charge in [-0.05, 0) is 31.5 Å². The Morgan fingerprint density at radius 2 is 2.06 bits per heavy atom. The highest BCUT2D eigenvalue weighted by Gasteiger charge is 2.72. The van der Waals surface area contributed by atoms with E-state index in [0.29, 0.717) is 5.02 Å². The summed E-state index contributed by atoms with van der Waals surface area (Å²) in [6, 6.07) is 4.92. The lowest BCUT2D eigenvalue weighted by atomic mass is 9.86. The zero-order chi connectivity index (χ0) is 22.8. The first-order valence-electron chi connectivity index (χ1n) is 9.04. The van der Waals surface area contributed by atoms with E-state index >= 15 is 0 Å². The summed E-state index contributed by atoms with van der Waals surface area (Å²) in [4.78, 5) is 20.6. The van der Waals surface area contributed by atoms with Crippen molar-refractivity contribution in [3.8, 4) is 0 Å². The number of aromatic nitrogens is 1. The number of nitrogens with two attached hydrogens (primary N) is 1. The molecular formula is C19H17ClF2N4O3S2. The molecule has 3 atom stereocenters. The van der Waals surface area contributed by atoms with Gasteiger partial charge in [0, 0.05) is 35.7 Å². The molecule has 0 spiro atoms. The monoisotopic (exact) mass is 486 g/mol. The minimum atomic E-state index is -3.56. The Morgan fingerprint density at radius 1 is 1.35 bits per heavy atom. The Labute approximate surface area is 186 Å². The maximum atomic E-state index is 14.9. The molecule has 7 nitrogen and oxygen atoms in total. The summed E-state index contributed by atoms with van der Waals surface area (Å²) in [7, 11) is -3.56. The van der Waals surface area contributed by atoms with Crippen LogP contribution < -0.4 is 11.1 Å². The summed E-state index contributed by atoms with van der Waals surface area (Å²) in [5.41, 5.74) is 4.26. The van der Waals surface area contributed by atoms with Crippen LogP contribution in [0.15, 0.2) is 35.5 Å². The van der Waals surface area contributed by atoms with Crippen LogP contribution in [0.3, 0.4) is 0 Å². The van der Waals surface area contributed by atoms with E-state index in [4.69, 9.17) is 17.3 Å². The van der Waals surface area contributed by atoms with Gasteiger partial charge in [0.2, 0.25) is 0 Å². The lowest BCUT2D eigenvalue weighted by Crippen LogP contribution is -2.39. The van der Waals surface area contributed by atoms with Crippen LogP contribution in [0.2, 0.25) is 5.02 Å². The minimum absolute atomic E-state index is 0.0245. The second-order valence-electron chi connectivity index (χ2n) is 7.68. The Hall–Kier alpha value is -2.24. The lowest BCUT2D eigenvalue weighted by molar-refractivity contribution is 0.102. The van der Waals surface area contributed by atoms with E-state index in [9.17, 15) is 22.0 Å². The number of benzene rings is 1. The highest BCUT2D eigenvalue weighted by atomic mass is 35.5. The third-order valence-corrected chi connectivity index (χ3v) is 9.76. The predicted molar refractivity (Wildman–Crippen MR) is 116 cm³/mol. The molecule has 1 amide bonds. The first-order valence-corrected chi connectivity index (χ1v) is 12.1. The van der Waals surface area contributed by atoms with Gasteiger partial charge in [-0.2, -0.15) is 0 Å². The molecule has 164 valence electrons. The van der Waals surface area contributed by atoms with Crippen LogP contribution >= 0.6 is 23.4 Å². The SMILES string of the molecule is C[C@@]1(c2cc(NC(=O)c3ccc(Cl)cn3)cc(F)c2F)N=C(N)S[C@@]2(S(C)(=O)=O)C[C@@H]12. The number of thioether (sulfide) groups is 1. The zero-order valence-corrected chi connectivity index (χ0v) is 18.7. The van der Waals surface area contributed by atoms with Gasteiger partial charge >= 0.3 is 0 Å². The molecule has 1 aromatic heterocycles. The van der Waals surface area contributed by atoms with E-state index in [2.05, 4.69) is 15.3 Å². The average Bonchev–Trinajstić information content (AvgIpc) is 3.42. The molecule has 1 fully saturated rings. The number of aliphatic imine (C=N–C) groups is 1. The molecule has 0 unspecified atom stereocenters. The molecule has 1 aliphatic carbocycles. The zero-order valence-electron chi connectivity index (χ0n) is 16.3. The topological polar surface area (TPSA) is 115 Å². The van der Waals surface area contributed by atoms with Crippen molar-refractivity contribution in [2.45, 2.75) is 23.0 Å². The standard InChI is InChI=1S/C19H17ClF2N4O3S2/c1-18(14-7-19(14,31(2,28)29)30-17(23)26-18)11-5-10(6-12(21)15(11)22)25-16(27)13-4-3-9(20)8-24-13/h3-6,8,14H,7H2,1-2H3,(H2,23,26)(H,25,27)/t14-,18-,19+/m0/s1. The number of carbonyl (C=O) groups is 1. The number of amidine groups is 1. The van der Waals surface area contributed by atoms with Crippen molar-refractivity contribution in [1.29, 1.82) is 0 Å². The summed E-state index contributed by atoms with van der Waals surface area (Å²) >= 11 is 6.68. The fourth-order valence-corrected chi connectivity index (χ4v) is 7.34. The molecule has 0 radical (unpaired) electrons. The van der Waals surface area contributed by atoms with Gasteiger partial charge in [-0.3, -0.25) is 9.79 Å². The summed E-state index contributed by atoms with van der Waals surface area (Å²) in [6.07, 6.45) is 2.57. The second-order valence-corrected chi connectivity index (χ2v) is 12.0. The summed E-state index contributed by atoms with van der Waals surface area (Å²) in [6.45, 7) is 1.52. The van der Waals surface area contributed by atoms with Gasteiger partial charge in [0.05, 0.1) is 10.6 Å². The van der Waals surface area contributed by atoms with Gasteiger partial charge in [-0.15, -0.1) is 0 Å². The first-order chi connectivity index (χ1) is 14.4. The van der Waals surface area contributed by atoms with Gasteiger partial charge in [0.25, 0.3) is 5.91 Å². The van der Waals surface area contributed by atoms with Crippen LogP contribution in [0.4, 0.5) is 14.5 Å². The number of nitrogens with one attached hydrogen (secondary N) is 1. The molecule has 2 heterocycles. The molecule has 1 aromatic carbocycles. The summed E-state index contributed by atoms with van der Waals surface area (Å²) in [5, 5.41) is 2.78. The molecular weight excluding hydrogens is 470 g/mol. The van der Waals surface area contributed by atoms with E-state index in [1.54, 1.807) is 0 Å². The van der Waals surface area contributed by atoms with Crippen molar-refractivity contribution in [3.63, 3.8) is 0 Å². The minimum Gasteiger partial charge on any atom is -0.378 e. The fraction of sp³-hybridized carbons (Fsp3) is 0.316. The molecule has 0 saturated heterocycles. The molecule has 0 bridgehead atoms. The average molecular weight is 487 g/mol. The number of rotatable bonds is 4. The molecule has 1 aliphatic heterocycles. The third-order valence-electron chi connectivity index (χ3n) is 5.58. The van der Waals surface area contributed by atoms with Gasteiger partial charge in [-0.25, -0.2) is 22.2 Å². The van der Waals surface area contributed by atoms with E-state index in [1.807, 2.05) is 0 Å². The Kier molecular flexibility index (Phi) is 5.06.